The van der Waals surface area contributed by atoms with Gasteiger partial charge in [0.05, 0.1) is 8.96 Å². The molecule has 0 saturated heterocycles. The molecule has 2 bridgehead atoms. The molecule has 2 rings (SSSR count). The maximum Gasteiger partial charge on any atom is 0.235 e. The van der Waals surface area contributed by atoms with Crippen LogP contribution in [0.1, 0.15) is 33.6 Å². The number of halogens is 2. The molecule has 0 amide bonds. The Hall–Kier alpha value is 0.0869. The van der Waals surface area contributed by atoms with Crippen molar-refractivity contribution in [1.82, 2.24) is 0 Å². The number of hydrogen-bond donors (Lipinski definition) is 0. The number of ketones is 1. The van der Waals surface area contributed by atoms with Crippen LogP contribution >= 0.6 is 31.9 Å². The molecule has 21 heavy (non-hydrogen) atoms. The molecule has 118 valence electrons. The molecule has 2 heterocycles. The van der Waals surface area contributed by atoms with Gasteiger partial charge in [-0.1, -0.05) is 20.8 Å². The van der Waals surface area contributed by atoms with Crippen molar-refractivity contribution in [1.29, 1.82) is 0 Å². The van der Waals surface area contributed by atoms with Gasteiger partial charge in [0.2, 0.25) is 5.78 Å². The number of carbonyl (C=O) groups excluding carboxylic acids is 1. The topological polar surface area (TPSA) is 35.5 Å². The van der Waals surface area contributed by atoms with E-state index in [9.17, 15) is 4.79 Å². The Balaban J connectivity index is 2.07. The van der Waals surface area contributed by atoms with Crippen LogP contribution in [0, 0.1) is 0 Å². The van der Waals surface area contributed by atoms with Crippen molar-refractivity contribution in [2.75, 3.05) is 6.61 Å². The number of ether oxygens (including phenoxy) is 1. The molecule has 6 heteroatoms. The minimum absolute atomic E-state index is 0.0830. The summed E-state index contributed by atoms with van der Waals surface area (Å²) in [7, 11) is -1.76. The summed E-state index contributed by atoms with van der Waals surface area (Å²) in [5.74, 6) is 0.373. The van der Waals surface area contributed by atoms with Crippen LogP contribution in [0.5, 0.6) is 0 Å². The lowest BCUT2D eigenvalue weighted by Gasteiger charge is -2.38. The average Bonchev–Trinajstić information content (AvgIpc) is 2.76. The first-order chi connectivity index (χ1) is 9.50. The maximum atomic E-state index is 11.9. The largest absolute Gasteiger partial charge is 0.478 e. The van der Waals surface area contributed by atoms with Gasteiger partial charge in [-0.05, 0) is 56.1 Å². The van der Waals surface area contributed by atoms with Crippen LogP contribution in [0.3, 0.4) is 0 Å². The summed E-state index contributed by atoms with van der Waals surface area (Å²) in [6, 6.07) is 0. The van der Waals surface area contributed by atoms with E-state index >= 15 is 0 Å². The summed E-state index contributed by atoms with van der Waals surface area (Å²) in [4.78, 5) is 11.9. The van der Waals surface area contributed by atoms with Crippen molar-refractivity contribution in [2.45, 2.75) is 57.3 Å². The zero-order valence-electron chi connectivity index (χ0n) is 13.2. The standard InChI is InChI=1S/C15H22Br2O3Si/c1-14(2,3)21(4,5)19-9-8-15-7-6-10(20-15)12(18)11(16)13(15)17/h6H,7-9H2,1-5H3. The number of rotatable bonds is 4. The summed E-state index contributed by atoms with van der Waals surface area (Å²) < 4.78 is 13.5. The summed E-state index contributed by atoms with van der Waals surface area (Å²) in [6.45, 7) is 11.8. The number of Topliss-reactive ketones (excluding diaryl/α,β-unsaturated/α-hetero) is 1. The van der Waals surface area contributed by atoms with E-state index in [1.165, 1.54) is 0 Å². The highest BCUT2D eigenvalue weighted by atomic mass is 79.9. The number of allylic oxidation sites excluding steroid dienone is 1. The fourth-order valence-electron chi connectivity index (χ4n) is 2.18. The molecule has 0 saturated carbocycles. The molecule has 0 aromatic carbocycles. The fourth-order valence-corrected chi connectivity index (χ4v) is 4.41. The molecule has 2 aliphatic rings. The average molecular weight is 438 g/mol. The molecule has 2 aliphatic heterocycles. The Morgan fingerprint density at radius 3 is 2.57 bits per heavy atom. The molecule has 0 aromatic heterocycles. The van der Waals surface area contributed by atoms with Gasteiger partial charge < -0.3 is 9.16 Å². The van der Waals surface area contributed by atoms with Crippen molar-refractivity contribution in [3.05, 3.63) is 20.8 Å². The SMILES string of the molecule is CC(C)(C)[Si](C)(C)OCCC12CC=C(O1)C(=O)C(Br)=C2Br. The minimum atomic E-state index is -1.76. The minimum Gasteiger partial charge on any atom is -0.478 e. The van der Waals surface area contributed by atoms with Crippen LogP contribution in [0.4, 0.5) is 0 Å². The van der Waals surface area contributed by atoms with Crippen molar-refractivity contribution < 1.29 is 14.0 Å². The molecular formula is C15H22Br2O3Si. The third-order valence-electron chi connectivity index (χ3n) is 4.71. The van der Waals surface area contributed by atoms with E-state index in [2.05, 4.69) is 65.7 Å². The summed E-state index contributed by atoms with van der Waals surface area (Å²) in [5.41, 5.74) is -0.468. The molecule has 0 aliphatic carbocycles. The van der Waals surface area contributed by atoms with Crippen LogP contribution in [0.25, 0.3) is 0 Å². The van der Waals surface area contributed by atoms with Crippen LogP contribution in [0.2, 0.25) is 18.1 Å². The lowest BCUT2D eigenvalue weighted by Crippen LogP contribution is -2.43. The second-order valence-corrected chi connectivity index (χ2v) is 13.6. The highest BCUT2D eigenvalue weighted by Crippen LogP contribution is 2.48. The highest BCUT2D eigenvalue weighted by molar-refractivity contribution is 9.14. The van der Waals surface area contributed by atoms with Gasteiger partial charge in [0.15, 0.2) is 14.1 Å². The number of fused-ring (bicyclic) bond motifs is 2. The Labute approximate surface area is 144 Å². The van der Waals surface area contributed by atoms with Gasteiger partial charge in [0, 0.05) is 19.4 Å². The number of carbonyl (C=O) groups is 1. The predicted molar refractivity (Wildman–Crippen MR) is 94.2 cm³/mol. The first kappa shape index (κ1) is 17.4. The van der Waals surface area contributed by atoms with E-state index in [-0.39, 0.29) is 10.8 Å². The maximum absolute atomic E-state index is 11.9. The van der Waals surface area contributed by atoms with E-state index in [1.807, 2.05) is 6.08 Å². The summed E-state index contributed by atoms with van der Waals surface area (Å²) in [5, 5.41) is 0.195. The molecular weight excluding hydrogens is 416 g/mol. The van der Waals surface area contributed by atoms with Gasteiger partial charge in [-0.3, -0.25) is 4.79 Å². The normalized spacial score (nSPS) is 26.0. The Kier molecular flexibility index (Phi) is 4.67. The molecule has 1 unspecified atom stereocenters. The quantitative estimate of drug-likeness (QED) is 0.578. The van der Waals surface area contributed by atoms with E-state index < -0.39 is 13.9 Å². The second-order valence-electron chi connectivity index (χ2n) is 7.18. The number of hydrogen-bond acceptors (Lipinski definition) is 3. The zero-order valence-corrected chi connectivity index (χ0v) is 17.4. The van der Waals surface area contributed by atoms with Gasteiger partial charge in [0.1, 0.15) is 5.60 Å². The highest BCUT2D eigenvalue weighted by Gasteiger charge is 2.48. The van der Waals surface area contributed by atoms with Gasteiger partial charge in [0.25, 0.3) is 0 Å². The van der Waals surface area contributed by atoms with Crippen LogP contribution in [-0.4, -0.2) is 26.3 Å². The third-order valence-corrected chi connectivity index (χ3v) is 11.7. The second kappa shape index (κ2) is 5.62. The first-order valence-electron chi connectivity index (χ1n) is 7.14. The van der Waals surface area contributed by atoms with E-state index in [0.717, 1.165) is 10.9 Å². The summed E-state index contributed by atoms with van der Waals surface area (Å²) in [6.07, 6.45) is 3.33. The molecule has 0 aromatic rings. The lowest BCUT2D eigenvalue weighted by molar-refractivity contribution is -0.117. The summed E-state index contributed by atoms with van der Waals surface area (Å²) >= 11 is 6.90. The van der Waals surface area contributed by atoms with E-state index in [1.54, 1.807) is 0 Å². The molecule has 0 radical (unpaired) electrons. The van der Waals surface area contributed by atoms with Crippen LogP contribution in [0.15, 0.2) is 20.8 Å². The van der Waals surface area contributed by atoms with Crippen molar-refractivity contribution in [2.24, 2.45) is 0 Å². The van der Waals surface area contributed by atoms with Crippen molar-refractivity contribution in [3.63, 3.8) is 0 Å². The lowest BCUT2D eigenvalue weighted by atomic mass is 9.96. The molecule has 1 atom stereocenters. The van der Waals surface area contributed by atoms with Gasteiger partial charge in [-0.2, -0.15) is 0 Å². The third kappa shape index (κ3) is 3.09. The van der Waals surface area contributed by atoms with Crippen LogP contribution < -0.4 is 0 Å². The zero-order chi connectivity index (χ0) is 16.1. The Morgan fingerprint density at radius 1 is 1.38 bits per heavy atom. The molecule has 0 fully saturated rings. The smallest absolute Gasteiger partial charge is 0.235 e. The van der Waals surface area contributed by atoms with E-state index in [4.69, 9.17) is 9.16 Å². The first-order valence-corrected chi connectivity index (χ1v) is 11.6. The Bertz CT molecular complexity index is 532. The molecule has 3 nitrogen and oxygen atoms in total. The monoisotopic (exact) mass is 436 g/mol. The van der Waals surface area contributed by atoms with Crippen molar-refractivity contribution >= 4 is 46.0 Å². The fraction of sp³-hybridized carbons (Fsp3) is 0.667. The van der Waals surface area contributed by atoms with Gasteiger partial charge in [-0.25, -0.2) is 0 Å². The Morgan fingerprint density at radius 2 is 2.00 bits per heavy atom. The van der Waals surface area contributed by atoms with Gasteiger partial charge in [-0.15, -0.1) is 0 Å². The van der Waals surface area contributed by atoms with Crippen molar-refractivity contribution in [3.8, 4) is 0 Å². The van der Waals surface area contributed by atoms with E-state index in [0.29, 0.717) is 23.3 Å². The van der Waals surface area contributed by atoms with Crippen LogP contribution in [-0.2, 0) is 14.0 Å². The molecule has 0 spiro atoms. The van der Waals surface area contributed by atoms with Gasteiger partial charge >= 0.3 is 0 Å². The molecule has 0 N–H and O–H groups in total. The predicted octanol–water partition coefficient (Wildman–Crippen LogP) is 5.03.